The third-order valence-corrected chi connectivity index (χ3v) is 6.83. The number of hydrogen-bond donors (Lipinski definition) is 0. The van der Waals surface area contributed by atoms with Gasteiger partial charge < -0.3 is 0 Å². The molecular formula is C23H18NOP. The van der Waals surface area contributed by atoms with Crippen molar-refractivity contribution in [2.75, 3.05) is 0 Å². The lowest BCUT2D eigenvalue weighted by molar-refractivity contribution is 0.588. The van der Waals surface area contributed by atoms with Crippen molar-refractivity contribution in [2.45, 2.75) is 0 Å². The van der Waals surface area contributed by atoms with E-state index in [1.54, 1.807) is 6.21 Å². The molecule has 4 aromatic rings. The molecule has 0 aromatic heterocycles. The first-order valence-corrected chi connectivity index (χ1v) is 10.2. The quantitative estimate of drug-likeness (QED) is 0.366. The topological polar surface area (TPSA) is 29.4 Å². The van der Waals surface area contributed by atoms with E-state index in [0.717, 1.165) is 26.9 Å². The highest BCUT2D eigenvalue weighted by atomic mass is 31.2. The molecule has 4 rings (SSSR count). The summed E-state index contributed by atoms with van der Waals surface area (Å²) in [5.41, 5.74) is 0.968. The van der Waals surface area contributed by atoms with Crippen molar-refractivity contribution < 1.29 is 4.57 Å². The van der Waals surface area contributed by atoms with Crippen molar-refractivity contribution in [2.24, 2.45) is 4.76 Å². The summed E-state index contributed by atoms with van der Waals surface area (Å²) in [5, 5.41) is 3.72. The predicted molar refractivity (Wildman–Crippen MR) is 111 cm³/mol. The number of fused-ring (bicyclic) bond motifs is 1. The SMILES string of the molecule is O=P(/N=C\c1cccc2ccccc12)(c1ccccc1)c1ccccc1. The van der Waals surface area contributed by atoms with Gasteiger partial charge in [0, 0.05) is 22.4 Å². The fraction of sp³-hybridized carbons (Fsp3) is 0. The summed E-state index contributed by atoms with van der Waals surface area (Å²) < 4.78 is 18.6. The molecule has 0 atom stereocenters. The van der Waals surface area contributed by atoms with E-state index in [1.165, 1.54) is 0 Å². The highest BCUT2D eigenvalue weighted by molar-refractivity contribution is 7.77. The highest BCUT2D eigenvalue weighted by Gasteiger charge is 2.25. The second-order valence-electron chi connectivity index (χ2n) is 6.06. The fourth-order valence-electron chi connectivity index (χ4n) is 3.05. The smallest absolute Gasteiger partial charge is 0.247 e. The molecule has 0 bridgehead atoms. The Labute approximate surface area is 153 Å². The number of rotatable bonds is 4. The molecule has 0 amide bonds. The summed E-state index contributed by atoms with van der Waals surface area (Å²) >= 11 is 0. The van der Waals surface area contributed by atoms with Crippen LogP contribution in [0.3, 0.4) is 0 Å². The molecular weight excluding hydrogens is 337 g/mol. The van der Waals surface area contributed by atoms with E-state index < -0.39 is 7.29 Å². The molecule has 2 nitrogen and oxygen atoms in total. The van der Waals surface area contributed by atoms with Gasteiger partial charge in [0.15, 0.2) is 0 Å². The first-order valence-electron chi connectivity index (χ1n) is 8.52. The Hall–Kier alpha value is -2.96. The zero-order valence-electron chi connectivity index (χ0n) is 14.2. The lowest BCUT2D eigenvalue weighted by atomic mass is 10.1. The molecule has 126 valence electrons. The molecule has 4 aromatic carbocycles. The largest absolute Gasteiger partial charge is 0.288 e. The third-order valence-electron chi connectivity index (χ3n) is 4.40. The van der Waals surface area contributed by atoms with Crippen LogP contribution in [-0.2, 0) is 4.57 Å². The molecule has 3 heteroatoms. The normalized spacial score (nSPS) is 11.8. The highest BCUT2D eigenvalue weighted by Crippen LogP contribution is 2.44. The van der Waals surface area contributed by atoms with Gasteiger partial charge in [-0.1, -0.05) is 78.9 Å². The van der Waals surface area contributed by atoms with Crippen molar-refractivity contribution >= 4 is 34.9 Å². The molecule has 0 aliphatic heterocycles. The molecule has 0 unspecified atom stereocenters. The van der Waals surface area contributed by atoms with Crippen molar-refractivity contribution in [3.8, 4) is 0 Å². The van der Waals surface area contributed by atoms with Gasteiger partial charge in [0.1, 0.15) is 0 Å². The summed E-state index contributed by atoms with van der Waals surface area (Å²) in [6, 6.07) is 33.2. The van der Waals surface area contributed by atoms with Crippen LogP contribution in [0.15, 0.2) is 108 Å². The van der Waals surface area contributed by atoms with Crippen LogP contribution in [0, 0.1) is 0 Å². The standard InChI is InChI=1S/C23H18NOP/c25-26(21-13-3-1-4-14-21,22-15-5-2-6-16-22)24-18-20-12-9-11-19-10-7-8-17-23(19)20/h1-18H/b24-18-. The molecule has 26 heavy (non-hydrogen) atoms. The van der Waals surface area contributed by atoms with Gasteiger partial charge in [0.2, 0.25) is 7.29 Å². The summed E-state index contributed by atoms with van der Waals surface area (Å²) in [7, 11) is -3.10. The minimum atomic E-state index is -3.10. The average Bonchev–Trinajstić information content (AvgIpc) is 2.73. The minimum Gasteiger partial charge on any atom is -0.288 e. The lowest BCUT2D eigenvalue weighted by Gasteiger charge is -2.14. The number of nitrogens with zero attached hydrogens (tertiary/aromatic N) is 1. The first kappa shape index (κ1) is 16.5. The van der Waals surface area contributed by atoms with Crippen LogP contribution in [0.1, 0.15) is 5.56 Å². The zero-order chi connectivity index (χ0) is 17.8. The molecule has 0 radical (unpaired) electrons. The Morgan fingerprint density at radius 3 is 1.81 bits per heavy atom. The minimum absolute atomic E-state index is 0.739. The van der Waals surface area contributed by atoms with Crippen LogP contribution in [0.5, 0.6) is 0 Å². The van der Waals surface area contributed by atoms with Gasteiger partial charge in [-0.2, -0.15) is 0 Å². The van der Waals surface area contributed by atoms with Crippen LogP contribution in [-0.4, -0.2) is 6.21 Å². The van der Waals surface area contributed by atoms with E-state index in [4.69, 9.17) is 0 Å². The Morgan fingerprint density at radius 1 is 0.615 bits per heavy atom. The Kier molecular flexibility index (Phi) is 4.51. The fourth-order valence-corrected chi connectivity index (χ4v) is 5.05. The van der Waals surface area contributed by atoms with Crippen LogP contribution in [0.4, 0.5) is 0 Å². The molecule has 0 saturated heterocycles. The van der Waals surface area contributed by atoms with Gasteiger partial charge in [0.05, 0.1) is 0 Å². The molecule has 0 aliphatic rings. The molecule has 0 aliphatic carbocycles. The van der Waals surface area contributed by atoms with Gasteiger partial charge in [0.25, 0.3) is 0 Å². The van der Waals surface area contributed by atoms with Gasteiger partial charge in [-0.15, -0.1) is 0 Å². The van der Waals surface area contributed by atoms with Crippen molar-refractivity contribution in [1.82, 2.24) is 0 Å². The predicted octanol–water partition coefficient (Wildman–Crippen LogP) is 5.19. The van der Waals surface area contributed by atoms with Crippen molar-refractivity contribution in [3.05, 3.63) is 109 Å². The van der Waals surface area contributed by atoms with E-state index >= 15 is 0 Å². The van der Waals surface area contributed by atoms with Crippen LogP contribution in [0.2, 0.25) is 0 Å². The van der Waals surface area contributed by atoms with E-state index in [2.05, 4.69) is 23.0 Å². The second kappa shape index (κ2) is 7.11. The zero-order valence-corrected chi connectivity index (χ0v) is 15.1. The van der Waals surface area contributed by atoms with E-state index in [-0.39, 0.29) is 0 Å². The lowest BCUT2D eigenvalue weighted by Crippen LogP contribution is -2.14. The molecule has 0 saturated carbocycles. The van der Waals surface area contributed by atoms with Gasteiger partial charge in [-0.3, -0.25) is 4.57 Å². The van der Waals surface area contributed by atoms with Gasteiger partial charge in [-0.25, -0.2) is 4.76 Å². The second-order valence-corrected chi connectivity index (χ2v) is 8.48. The van der Waals surface area contributed by atoms with Crippen LogP contribution in [0.25, 0.3) is 10.8 Å². The molecule has 0 fully saturated rings. The van der Waals surface area contributed by atoms with E-state index in [9.17, 15) is 4.57 Å². The summed E-state index contributed by atoms with van der Waals surface area (Å²) in [6.07, 6.45) is 1.75. The number of hydrogen-bond acceptors (Lipinski definition) is 1. The van der Waals surface area contributed by atoms with E-state index in [0.29, 0.717) is 0 Å². The third kappa shape index (κ3) is 3.12. The maximum atomic E-state index is 13.9. The Balaban J connectivity index is 1.86. The molecule has 0 N–H and O–H groups in total. The maximum Gasteiger partial charge on any atom is 0.247 e. The van der Waals surface area contributed by atoms with Gasteiger partial charge in [-0.05, 0) is 35.0 Å². The maximum absolute atomic E-state index is 13.9. The summed E-state index contributed by atoms with van der Waals surface area (Å²) in [4.78, 5) is 0. The average molecular weight is 355 g/mol. The van der Waals surface area contributed by atoms with Gasteiger partial charge >= 0.3 is 0 Å². The van der Waals surface area contributed by atoms with Crippen molar-refractivity contribution in [3.63, 3.8) is 0 Å². The first-order chi connectivity index (χ1) is 12.8. The van der Waals surface area contributed by atoms with Crippen molar-refractivity contribution in [1.29, 1.82) is 0 Å². The monoisotopic (exact) mass is 355 g/mol. The van der Waals surface area contributed by atoms with Crippen LogP contribution >= 0.6 is 7.29 Å². The molecule has 0 spiro atoms. The number of benzene rings is 4. The van der Waals surface area contributed by atoms with Crippen LogP contribution < -0.4 is 10.6 Å². The Bertz CT molecular complexity index is 1060. The summed E-state index contributed by atoms with van der Waals surface area (Å²) in [6.45, 7) is 0. The molecule has 0 heterocycles. The van der Waals surface area contributed by atoms with E-state index in [1.807, 2.05) is 84.9 Å². The summed E-state index contributed by atoms with van der Waals surface area (Å²) in [5.74, 6) is 0. The Morgan fingerprint density at radius 2 is 1.15 bits per heavy atom.